The molecule has 0 saturated carbocycles. The normalized spacial score (nSPS) is 12.5. The van der Waals surface area contributed by atoms with Gasteiger partial charge in [-0.1, -0.05) is 96.9 Å². The van der Waals surface area contributed by atoms with Crippen LogP contribution in [-0.2, 0) is 28.3 Å². The highest BCUT2D eigenvalue weighted by Crippen LogP contribution is 2.28. The van der Waals surface area contributed by atoms with Gasteiger partial charge in [0, 0.05) is 52.5 Å². The van der Waals surface area contributed by atoms with Gasteiger partial charge in [-0.25, -0.2) is 0 Å². The van der Waals surface area contributed by atoms with Gasteiger partial charge in [-0.05, 0) is 36.6 Å². The lowest BCUT2D eigenvalue weighted by Crippen LogP contribution is -2.52. The molecule has 0 fully saturated rings. The second-order valence-electron chi connectivity index (χ2n) is 9.03. The van der Waals surface area contributed by atoms with Gasteiger partial charge in [0.15, 0.2) is 0 Å². The van der Waals surface area contributed by atoms with E-state index in [4.69, 9.17) is 23.2 Å². The standard InChI is InChI=1S/C30H34Cl2N2O2S/c1-3-22(2)33-30(36)28(19-23-11-6-4-7-12-23)34(20-25-26(31)15-10-16-27(25)32)29(35)17-18-37-21-24-13-8-5-9-14-24/h4-16,22,28H,3,17-21H2,1-2H3,(H,33,36)/t22-,28+/m0/s1. The number of carbonyl (C=O) groups is 2. The first-order valence-electron chi connectivity index (χ1n) is 12.6. The van der Waals surface area contributed by atoms with E-state index in [0.29, 0.717) is 34.2 Å². The van der Waals surface area contributed by atoms with E-state index in [2.05, 4.69) is 17.4 Å². The first-order chi connectivity index (χ1) is 17.9. The summed E-state index contributed by atoms with van der Waals surface area (Å²) in [5.41, 5.74) is 2.84. The number of nitrogens with one attached hydrogen (secondary N) is 1. The molecule has 7 heteroatoms. The van der Waals surface area contributed by atoms with E-state index >= 15 is 0 Å². The second-order valence-corrected chi connectivity index (χ2v) is 11.0. The van der Waals surface area contributed by atoms with Crippen LogP contribution in [0, 0.1) is 0 Å². The van der Waals surface area contributed by atoms with Gasteiger partial charge in [0.25, 0.3) is 0 Å². The summed E-state index contributed by atoms with van der Waals surface area (Å²) < 4.78 is 0. The van der Waals surface area contributed by atoms with Crippen LogP contribution >= 0.6 is 35.0 Å². The van der Waals surface area contributed by atoms with Crippen molar-refractivity contribution in [2.24, 2.45) is 0 Å². The summed E-state index contributed by atoms with van der Waals surface area (Å²) in [5, 5.41) is 4.04. The molecule has 0 heterocycles. The molecule has 0 aliphatic rings. The minimum absolute atomic E-state index is 0.00643. The van der Waals surface area contributed by atoms with E-state index in [1.165, 1.54) is 5.56 Å². The Morgan fingerprint density at radius 2 is 1.49 bits per heavy atom. The van der Waals surface area contributed by atoms with Crippen LogP contribution in [-0.4, -0.2) is 34.6 Å². The Balaban J connectivity index is 1.85. The molecule has 37 heavy (non-hydrogen) atoms. The van der Waals surface area contributed by atoms with Crippen molar-refractivity contribution in [1.29, 1.82) is 0 Å². The summed E-state index contributed by atoms with van der Waals surface area (Å²) in [6.07, 6.45) is 1.50. The van der Waals surface area contributed by atoms with Crippen molar-refractivity contribution >= 4 is 46.8 Å². The van der Waals surface area contributed by atoms with Crippen molar-refractivity contribution in [3.8, 4) is 0 Å². The van der Waals surface area contributed by atoms with Gasteiger partial charge in [0.1, 0.15) is 6.04 Å². The molecule has 0 aromatic heterocycles. The Morgan fingerprint density at radius 1 is 0.892 bits per heavy atom. The predicted molar refractivity (Wildman–Crippen MR) is 156 cm³/mol. The zero-order chi connectivity index (χ0) is 26.6. The van der Waals surface area contributed by atoms with Crippen LogP contribution in [0.1, 0.15) is 43.4 Å². The molecule has 0 aliphatic heterocycles. The quantitative estimate of drug-likeness (QED) is 0.227. The van der Waals surface area contributed by atoms with Gasteiger partial charge < -0.3 is 10.2 Å². The van der Waals surface area contributed by atoms with Gasteiger partial charge in [-0.2, -0.15) is 11.8 Å². The van der Waals surface area contributed by atoms with Crippen LogP contribution in [0.4, 0.5) is 0 Å². The molecule has 3 aromatic carbocycles. The fraction of sp³-hybridized carbons (Fsp3) is 0.333. The van der Waals surface area contributed by atoms with E-state index in [1.807, 2.05) is 62.4 Å². The Bertz CT molecular complexity index is 1120. The van der Waals surface area contributed by atoms with Gasteiger partial charge in [-0.3, -0.25) is 9.59 Å². The van der Waals surface area contributed by atoms with Crippen LogP contribution in [0.2, 0.25) is 10.0 Å². The molecule has 196 valence electrons. The maximum atomic E-state index is 13.7. The van der Waals surface area contributed by atoms with Crippen molar-refractivity contribution in [3.05, 3.63) is 106 Å². The maximum absolute atomic E-state index is 13.7. The predicted octanol–water partition coefficient (Wildman–Crippen LogP) is 7.17. The number of thioether (sulfide) groups is 1. The third-order valence-electron chi connectivity index (χ3n) is 6.23. The number of halogens is 2. The highest BCUT2D eigenvalue weighted by Gasteiger charge is 2.31. The van der Waals surface area contributed by atoms with Crippen LogP contribution < -0.4 is 5.32 Å². The fourth-order valence-corrected chi connectivity index (χ4v) is 5.32. The van der Waals surface area contributed by atoms with E-state index < -0.39 is 6.04 Å². The first kappa shape index (κ1) is 29.1. The molecule has 0 bridgehead atoms. The zero-order valence-electron chi connectivity index (χ0n) is 21.3. The maximum Gasteiger partial charge on any atom is 0.243 e. The number of amides is 2. The minimum Gasteiger partial charge on any atom is -0.352 e. The number of benzene rings is 3. The highest BCUT2D eigenvalue weighted by atomic mass is 35.5. The fourth-order valence-electron chi connectivity index (χ4n) is 3.92. The van der Waals surface area contributed by atoms with E-state index in [0.717, 1.165) is 17.7 Å². The van der Waals surface area contributed by atoms with Crippen molar-refractivity contribution < 1.29 is 9.59 Å². The average Bonchev–Trinajstić information content (AvgIpc) is 2.91. The number of hydrogen-bond acceptors (Lipinski definition) is 3. The third kappa shape index (κ3) is 9.10. The summed E-state index contributed by atoms with van der Waals surface area (Å²) in [6, 6.07) is 24.5. The Labute approximate surface area is 234 Å². The van der Waals surface area contributed by atoms with Gasteiger partial charge in [0.2, 0.25) is 11.8 Å². The molecule has 0 saturated heterocycles. The molecular formula is C30H34Cl2N2O2S. The molecular weight excluding hydrogens is 523 g/mol. The molecule has 0 aliphatic carbocycles. The van der Waals surface area contributed by atoms with Crippen molar-refractivity contribution in [1.82, 2.24) is 10.2 Å². The Hall–Kier alpha value is -2.47. The molecule has 4 nitrogen and oxygen atoms in total. The monoisotopic (exact) mass is 556 g/mol. The lowest BCUT2D eigenvalue weighted by molar-refractivity contribution is -0.141. The molecule has 2 atom stereocenters. The van der Waals surface area contributed by atoms with Crippen molar-refractivity contribution in [3.63, 3.8) is 0 Å². The van der Waals surface area contributed by atoms with Crippen LogP contribution in [0.15, 0.2) is 78.9 Å². The number of carbonyl (C=O) groups excluding carboxylic acids is 2. The number of hydrogen-bond donors (Lipinski definition) is 1. The minimum atomic E-state index is -0.699. The van der Waals surface area contributed by atoms with Crippen molar-refractivity contribution in [2.45, 2.75) is 57.5 Å². The van der Waals surface area contributed by atoms with Crippen LogP contribution in [0.5, 0.6) is 0 Å². The molecule has 0 unspecified atom stereocenters. The smallest absolute Gasteiger partial charge is 0.243 e. The summed E-state index contributed by atoms with van der Waals surface area (Å²) in [5.74, 6) is 1.20. The molecule has 3 rings (SSSR count). The van der Waals surface area contributed by atoms with Crippen molar-refractivity contribution in [2.75, 3.05) is 5.75 Å². The molecule has 0 radical (unpaired) electrons. The summed E-state index contributed by atoms with van der Waals surface area (Å²) in [7, 11) is 0. The van der Waals surface area contributed by atoms with E-state index in [9.17, 15) is 9.59 Å². The number of nitrogens with zero attached hydrogens (tertiary/aromatic N) is 1. The van der Waals surface area contributed by atoms with Gasteiger partial charge >= 0.3 is 0 Å². The van der Waals surface area contributed by atoms with Gasteiger partial charge in [-0.15, -0.1) is 0 Å². The summed E-state index contributed by atoms with van der Waals surface area (Å²) in [6.45, 7) is 4.15. The Morgan fingerprint density at radius 3 is 2.08 bits per heavy atom. The average molecular weight is 558 g/mol. The molecule has 1 N–H and O–H groups in total. The SMILES string of the molecule is CC[C@H](C)NC(=O)[C@@H](Cc1ccccc1)N(Cc1c(Cl)cccc1Cl)C(=O)CCSCc1ccccc1. The largest absolute Gasteiger partial charge is 0.352 e. The van der Waals surface area contributed by atoms with Crippen LogP contribution in [0.3, 0.4) is 0 Å². The zero-order valence-corrected chi connectivity index (χ0v) is 23.7. The topological polar surface area (TPSA) is 49.4 Å². The molecule has 3 aromatic rings. The highest BCUT2D eigenvalue weighted by molar-refractivity contribution is 7.98. The van der Waals surface area contributed by atoms with Gasteiger partial charge in [0.05, 0.1) is 0 Å². The summed E-state index contributed by atoms with van der Waals surface area (Å²) >= 11 is 14.7. The first-order valence-corrected chi connectivity index (χ1v) is 14.5. The lowest BCUT2D eigenvalue weighted by Gasteiger charge is -2.33. The lowest BCUT2D eigenvalue weighted by atomic mass is 10.0. The summed E-state index contributed by atoms with van der Waals surface area (Å²) in [4.78, 5) is 28.9. The van der Waals surface area contributed by atoms with Crippen LogP contribution in [0.25, 0.3) is 0 Å². The third-order valence-corrected chi connectivity index (χ3v) is 7.97. The number of rotatable bonds is 13. The Kier molecular flexibility index (Phi) is 11.8. The van der Waals surface area contributed by atoms with E-state index in [-0.39, 0.29) is 24.4 Å². The second kappa shape index (κ2) is 15.1. The van der Waals surface area contributed by atoms with E-state index in [1.54, 1.807) is 34.9 Å². The molecule has 0 spiro atoms. The molecule has 2 amide bonds.